The van der Waals surface area contributed by atoms with Gasteiger partial charge < -0.3 is 10.6 Å². The first-order valence-corrected chi connectivity index (χ1v) is 9.46. The van der Waals surface area contributed by atoms with E-state index in [1.807, 2.05) is 19.9 Å². The molecule has 0 unspecified atom stereocenters. The number of hydrogen-bond acceptors (Lipinski definition) is 3. The van der Waals surface area contributed by atoms with Crippen LogP contribution >= 0.6 is 11.6 Å². The number of aryl methyl sites for hydroxylation is 2. The van der Waals surface area contributed by atoms with Crippen molar-refractivity contribution in [3.8, 4) is 0 Å². The minimum absolute atomic E-state index is 0.0762. The summed E-state index contributed by atoms with van der Waals surface area (Å²) in [5.41, 5.74) is 2.81. The van der Waals surface area contributed by atoms with Crippen molar-refractivity contribution >= 4 is 29.1 Å². The van der Waals surface area contributed by atoms with E-state index in [2.05, 4.69) is 10.6 Å². The van der Waals surface area contributed by atoms with E-state index < -0.39 is 0 Å². The van der Waals surface area contributed by atoms with Gasteiger partial charge in [0.1, 0.15) is 5.82 Å². The van der Waals surface area contributed by atoms with Crippen LogP contribution in [0.2, 0.25) is 5.02 Å². The first kappa shape index (κ1) is 21.9. The van der Waals surface area contributed by atoms with E-state index >= 15 is 0 Å². The second-order valence-corrected chi connectivity index (χ2v) is 7.11. The Hall–Kier alpha value is -2.44. The standard InChI is InChI=1S/C21H25ClFN3O2/c1-4-26(13-21(28)25-19-10-17(22)8-6-15(19)3)12-20(27)24-11-16-7-5-14(2)18(23)9-16/h5-10H,4,11-13H2,1-3H3,(H,24,27)(H,25,28). The van der Waals surface area contributed by atoms with Crippen molar-refractivity contribution < 1.29 is 14.0 Å². The number of hydrogen-bond donors (Lipinski definition) is 2. The van der Waals surface area contributed by atoms with Gasteiger partial charge >= 0.3 is 0 Å². The maximum absolute atomic E-state index is 13.6. The molecule has 0 aliphatic heterocycles. The molecule has 0 saturated carbocycles. The molecule has 0 aliphatic carbocycles. The number of benzene rings is 2. The molecule has 2 aromatic carbocycles. The summed E-state index contributed by atoms with van der Waals surface area (Å²) in [5.74, 6) is -0.745. The average Bonchev–Trinajstić information content (AvgIpc) is 2.65. The van der Waals surface area contributed by atoms with Gasteiger partial charge in [-0.1, -0.05) is 36.7 Å². The lowest BCUT2D eigenvalue weighted by Gasteiger charge is -2.20. The van der Waals surface area contributed by atoms with Crippen molar-refractivity contribution in [2.75, 3.05) is 25.0 Å². The Bertz CT molecular complexity index is 858. The summed E-state index contributed by atoms with van der Waals surface area (Å²) >= 11 is 5.97. The Morgan fingerprint density at radius 2 is 1.71 bits per heavy atom. The molecule has 0 saturated heterocycles. The Labute approximate surface area is 169 Å². The van der Waals surface area contributed by atoms with Crippen molar-refractivity contribution in [2.24, 2.45) is 0 Å². The smallest absolute Gasteiger partial charge is 0.238 e. The van der Waals surface area contributed by atoms with Gasteiger partial charge in [0.05, 0.1) is 13.1 Å². The zero-order chi connectivity index (χ0) is 20.7. The molecule has 2 N–H and O–H groups in total. The molecule has 0 fully saturated rings. The van der Waals surface area contributed by atoms with Gasteiger partial charge in [-0.05, 0) is 55.3 Å². The molecular formula is C21H25ClFN3O2. The van der Waals surface area contributed by atoms with Crippen molar-refractivity contribution in [3.05, 3.63) is 63.9 Å². The van der Waals surface area contributed by atoms with Crippen molar-refractivity contribution in [1.29, 1.82) is 0 Å². The maximum atomic E-state index is 13.6. The van der Waals surface area contributed by atoms with Gasteiger partial charge in [0.15, 0.2) is 0 Å². The quantitative estimate of drug-likeness (QED) is 0.704. The molecule has 0 bridgehead atoms. The molecular weight excluding hydrogens is 381 g/mol. The summed E-state index contributed by atoms with van der Waals surface area (Å²) < 4.78 is 13.6. The van der Waals surface area contributed by atoms with Crippen molar-refractivity contribution in [1.82, 2.24) is 10.2 Å². The molecule has 0 spiro atoms. The number of carbonyl (C=O) groups excluding carboxylic acids is 2. The molecule has 2 amide bonds. The Kier molecular flexibility index (Phi) is 7.96. The number of nitrogens with one attached hydrogen (secondary N) is 2. The molecule has 28 heavy (non-hydrogen) atoms. The molecule has 0 aromatic heterocycles. The van der Waals surface area contributed by atoms with Crippen LogP contribution < -0.4 is 10.6 Å². The molecule has 5 nitrogen and oxygen atoms in total. The fourth-order valence-corrected chi connectivity index (χ4v) is 2.78. The highest BCUT2D eigenvalue weighted by molar-refractivity contribution is 6.31. The Balaban J connectivity index is 1.85. The first-order valence-electron chi connectivity index (χ1n) is 9.08. The predicted molar refractivity (Wildman–Crippen MR) is 110 cm³/mol. The van der Waals surface area contributed by atoms with Gasteiger partial charge in [0.25, 0.3) is 0 Å². The predicted octanol–water partition coefficient (Wildman–Crippen LogP) is 3.67. The van der Waals surface area contributed by atoms with Crippen LogP contribution in [0.25, 0.3) is 0 Å². The lowest BCUT2D eigenvalue weighted by molar-refractivity contribution is -0.123. The molecule has 0 atom stereocenters. The number of carbonyl (C=O) groups is 2. The molecule has 0 aliphatic rings. The van der Waals surface area contributed by atoms with Crippen molar-refractivity contribution in [3.63, 3.8) is 0 Å². The zero-order valence-electron chi connectivity index (χ0n) is 16.3. The van der Waals surface area contributed by atoms with Gasteiger partial charge in [0.2, 0.25) is 11.8 Å². The van der Waals surface area contributed by atoms with Gasteiger partial charge in [-0.3, -0.25) is 14.5 Å². The van der Waals surface area contributed by atoms with E-state index in [0.717, 1.165) is 5.56 Å². The number of halogens is 2. The van der Waals surface area contributed by atoms with Gasteiger partial charge in [0, 0.05) is 17.3 Å². The van der Waals surface area contributed by atoms with Crippen molar-refractivity contribution in [2.45, 2.75) is 27.3 Å². The monoisotopic (exact) mass is 405 g/mol. The van der Waals surface area contributed by atoms with E-state index in [9.17, 15) is 14.0 Å². The molecule has 2 aromatic rings. The molecule has 0 radical (unpaired) electrons. The van der Waals surface area contributed by atoms with Gasteiger partial charge in [-0.2, -0.15) is 0 Å². The van der Waals surface area contributed by atoms with Crippen LogP contribution in [0, 0.1) is 19.7 Å². The summed E-state index contributed by atoms with van der Waals surface area (Å²) in [5, 5.41) is 6.12. The van der Waals surface area contributed by atoms with Gasteiger partial charge in [-0.25, -0.2) is 4.39 Å². The van der Waals surface area contributed by atoms with E-state index in [1.165, 1.54) is 6.07 Å². The van der Waals surface area contributed by atoms with E-state index in [0.29, 0.717) is 28.4 Å². The van der Waals surface area contributed by atoms with Crippen LogP contribution in [0.15, 0.2) is 36.4 Å². The third-order valence-corrected chi connectivity index (χ3v) is 4.62. The molecule has 7 heteroatoms. The number of amides is 2. The second kappa shape index (κ2) is 10.2. The summed E-state index contributed by atoms with van der Waals surface area (Å²) in [6.07, 6.45) is 0. The van der Waals surface area contributed by atoms with E-state index in [-0.39, 0.29) is 37.3 Å². The number of nitrogens with zero attached hydrogens (tertiary/aromatic N) is 1. The number of rotatable bonds is 8. The highest BCUT2D eigenvalue weighted by Crippen LogP contribution is 2.20. The average molecular weight is 406 g/mol. The van der Waals surface area contributed by atoms with Crippen LogP contribution in [0.3, 0.4) is 0 Å². The molecule has 0 heterocycles. The van der Waals surface area contributed by atoms with Crippen LogP contribution in [0.5, 0.6) is 0 Å². The van der Waals surface area contributed by atoms with Crippen LogP contribution in [0.1, 0.15) is 23.6 Å². The van der Waals surface area contributed by atoms with Crippen LogP contribution in [0.4, 0.5) is 10.1 Å². The Morgan fingerprint density at radius 3 is 2.39 bits per heavy atom. The third-order valence-electron chi connectivity index (χ3n) is 4.38. The highest BCUT2D eigenvalue weighted by atomic mass is 35.5. The maximum Gasteiger partial charge on any atom is 0.238 e. The first-order chi connectivity index (χ1) is 13.3. The molecule has 150 valence electrons. The SMILES string of the molecule is CCN(CC(=O)NCc1ccc(C)c(F)c1)CC(=O)Nc1cc(Cl)ccc1C. The summed E-state index contributed by atoms with van der Waals surface area (Å²) in [6.45, 7) is 6.37. The fraction of sp³-hybridized carbons (Fsp3) is 0.333. The fourth-order valence-electron chi connectivity index (χ4n) is 2.61. The van der Waals surface area contributed by atoms with Crippen LogP contribution in [-0.4, -0.2) is 36.3 Å². The number of anilines is 1. The zero-order valence-corrected chi connectivity index (χ0v) is 17.1. The summed E-state index contributed by atoms with van der Waals surface area (Å²) in [4.78, 5) is 26.2. The minimum Gasteiger partial charge on any atom is -0.351 e. The van der Waals surface area contributed by atoms with E-state index in [4.69, 9.17) is 11.6 Å². The normalized spacial score (nSPS) is 10.8. The third kappa shape index (κ3) is 6.62. The lowest BCUT2D eigenvalue weighted by atomic mass is 10.1. The summed E-state index contributed by atoms with van der Waals surface area (Å²) in [7, 11) is 0. The lowest BCUT2D eigenvalue weighted by Crippen LogP contribution is -2.40. The molecule has 2 rings (SSSR count). The van der Waals surface area contributed by atoms with Crippen LogP contribution in [-0.2, 0) is 16.1 Å². The topological polar surface area (TPSA) is 61.4 Å². The van der Waals surface area contributed by atoms with Gasteiger partial charge in [-0.15, -0.1) is 0 Å². The largest absolute Gasteiger partial charge is 0.351 e. The number of likely N-dealkylation sites (N-methyl/N-ethyl adjacent to an activating group) is 1. The summed E-state index contributed by atoms with van der Waals surface area (Å²) in [6, 6.07) is 10.1. The Morgan fingerprint density at radius 1 is 1.04 bits per heavy atom. The highest BCUT2D eigenvalue weighted by Gasteiger charge is 2.14. The second-order valence-electron chi connectivity index (χ2n) is 6.67. The minimum atomic E-state index is -0.296. The van der Waals surface area contributed by atoms with E-state index in [1.54, 1.807) is 36.1 Å².